The Balaban J connectivity index is 2.25. The Hall–Kier alpha value is -1.19. The summed E-state index contributed by atoms with van der Waals surface area (Å²) < 4.78 is 4.95. The van der Waals surface area contributed by atoms with E-state index in [0.29, 0.717) is 0 Å². The number of fused-ring (bicyclic) bond motifs is 1. The highest BCUT2D eigenvalue weighted by Crippen LogP contribution is 2.12. The van der Waals surface area contributed by atoms with Gasteiger partial charge in [-0.15, -0.1) is 0 Å². The predicted octanol–water partition coefficient (Wildman–Crippen LogP) is -0.148. The molecule has 0 radical (unpaired) electrons. The third-order valence-electron chi connectivity index (χ3n) is 1.21. The largest absolute Gasteiger partial charge is 0.454 e. The van der Waals surface area contributed by atoms with E-state index in [2.05, 4.69) is 15.0 Å². The molecule has 4 heteroatoms. The number of ether oxygens (including phenoxy) is 1. The van der Waals surface area contributed by atoms with Crippen molar-refractivity contribution in [2.45, 2.75) is 12.4 Å². The zero-order valence-corrected chi connectivity index (χ0v) is 4.64. The molecule has 2 aliphatic heterocycles. The van der Waals surface area contributed by atoms with Gasteiger partial charge >= 0.3 is 0 Å². The summed E-state index contributed by atoms with van der Waals surface area (Å²) in [6.45, 7) is 0. The van der Waals surface area contributed by atoms with E-state index in [0.717, 1.165) is 0 Å². The lowest BCUT2D eigenvalue weighted by Crippen LogP contribution is -2.20. The molecule has 0 N–H and O–H groups in total. The lowest BCUT2D eigenvalue weighted by atomic mass is 10.4. The lowest BCUT2D eigenvalue weighted by molar-refractivity contribution is 0.213. The molecule has 0 aromatic heterocycles. The summed E-state index contributed by atoms with van der Waals surface area (Å²) in [6.07, 6.45) is 4.35. The Labute approximate surface area is 52.0 Å². The van der Waals surface area contributed by atoms with Gasteiger partial charge in [0.2, 0.25) is 6.23 Å². The molecule has 0 bridgehead atoms. The maximum atomic E-state index is 4.95. The fourth-order valence-corrected chi connectivity index (χ4v) is 0.778. The van der Waals surface area contributed by atoms with Gasteiger partial charge < -0.3 is 4.74 Å². The van der Waals surface area contributed by atoms with Crippen molar-refractivity contribution in [1.29, 1.82) is 0 Å². The average molecular weight is 123 g/mol. The van der Waals surface area contributed by atoms with E-state index in [1.807, 2.05) is 0 Å². The van der Waals surface area contributed by atoms with Crippen LogP contribution in [0.15, 0.2) is 15.0 Å². The molecular weight excluding hydrogens is 118 g/mol. The maximum absolute atomic E-state index is 4.95. The van der Waals surface area contributed by atoms with Crippen LogP contribution in [0.4, 0.5) is 0 Å². The molecule has 0 aliphatic carbocycles. The number of hydrogen-bond donors (Lipinski definition) is 0. The van der Waals surface area contributed by atoms with Crippen LogP contribution in [0.1, 0.15) is 0 Å². The normalized spacial score (nSPS) is 36.4. The van der Waals surface area contributed by atoms with Crippen molar-refractivity contribution in [3.8, 4) is 0 Å². The van der Waals surface area contributed by atoms with E-state index in [4.69, 9.17) is 4.74 Å². The van der Waals surface area contributed by atoms with Gasteiger partial charge in [0.1, 0.15) is 0 Å². The Kier molecular flexibility index (Phi) is 0.855. The predicted molar refractivity (Wildman–Crippen MR) is 34.1 cm³/mol. The second-order valence-electron chi connectivity index (χ2n) is 1.79. The Morgan fingerprint density at radius 3 is 2.89 bits per heavy atom. The molecule has 4 nitrogen and oxygen atoms in total. The highest BCUT2D eigenvalue weighted by Gasteiger charge is 2.24. The van der Waals surface area contributed by atoms with Crippen molar-refractivity contribution in [2.75, 3.05) is 0 Å². The fourth-order valence-electron chi connectivity index (χ4n) is 0.778. The number of nitrogens with zero attached hydrogens (tertiary/aromatic N) is 3. The molecule has 9 heavy (non-hydrogen) atoms. The molecule has 0 aromatic rings. The Morgan fingerprint density at radius 2 is 2.00 bits per heavy atom. The lowest BCUT2D eigenvalue weighted by Gasteiger charge is -2.09. The minimum absolute atomic E-state index is 0.116. The van der Waals surface area contributed by atoms with Gasteiger partial charge in [-0.1, -0.05) is 0 Å². The zero-order chi connectivity index (χ0) is 6.10. The van der Waals surface area contributed by atoms with Gasteiger partial charge in [0.15, 0.2) is 12.6 Å². The van der Waals surface area contributed by atoms with Crippen molar-refractivity contribution >= 4 is 18.8 Å². The molecule has 2 unspecified atom stereocenters. The molecule has 46 valence electrons. The molecule has 2 heterocycles. The molecule has 2 aliphatic rings. The summed E-state index contributed by atoms with van der Waals surface area (Å²) in [6, 6.07) is 0. The maximum Gasteiger partial charge on any atom is 0.233 e. The van der Waals surface area contributed by atoms with Gasteiger partial charge in [-0.25, -0.2) is 9.98 Å². The summed E-state index contributed by atoms with van der Waals surface area (Å²) in [5.74, 6) is 0. The van der Waals surface area contributed by atoms with Crippen molar-refractivity contribution in [1.82, 2.24) is 0 Å². The quantitative estimate of drug-likeness (QED) is 0.442. The van der Waals surface area contributed by atoms with Crippen molar-refractivity contribution in [2.24, 2.45) is 15.0 Å². The van der Waals surface area contributed by atoms with Crippen LogP contribution < -0.4 is 0 Å². The smallest absolute Gasteiger partial charge is 0.233 e. The third-order valence-corrected chi connectivity index (χ3v) is 1.21. The minimum Gasteiger partial charge on any atom is -0.454 e. The summed E-state index contributed by atoms with van der Waals surface area (Å²) >= 11 is 0. The molecule has 0 amide bonds. The van der Waals surface area contributed by atoms with E-state index < -0.39 is 0 Å². The van der Waals surface area contributed by atoms with Gasteiger partial charge in [-0.3, -0.25) is 4.99 Å². The van der Waals surface area contributed by atoms with E-state index in [-0.39, 0.29) is 12.4 Å². The second kappa shape index (κ2) is 1.65. The molecule has 0 saturated carbocycles. The first-order chi connectivity index (χ1) is 4.47. The van der Waals surface area contributed by atoms with Crippen LogP contribution in [-0.2, 0) is 4.74 Å². The van der Waals surface area contributed by atoms with E-state index in [9.17, 15) is 0 Å². The van der Waals surface area contributed by atoms with Crippen LogP contribution in [-0.4, -0.2) is 31.2 Å². The molecule has 0 fully saturated rings. The molecule has 0 aromatic carbocycles. The van der Waals surface area contributed by atoms with Crippen molar-refractivity contribution in [3.05, 3.63) is 0 Å². The van der Waals surface area contributed by atoms with Crippen LogP contribution in [0.3, 0.4) is 0 Å². The van der Waals surface area contributed by atoms with Gasteiger partial charge in [-0.05, 0) is 0 Å². The number of hydrogen-bond acceptors (Lipinski definition) is 4. The van der Waals surface area contributed by atoms with Gasteiger partial charge in [0.05, 0.1) is 0 Å². The monoisotopic (exact) mass is 123 g/mol. The third kappa shape index (κ3) is 0.630. The Morgan fingerprint density at radius 1 is 1.11 bits per heavy atom. The van der Waals surface area contributed by atoms with Crippen LogP contribution in [0.25, 0.3) is 0 Å². The first-order valence-electron chi connectivity index (χ1n) is 2.69. The van der Waals surface area contributed by atoms with Crippen molar-refractivity contribution < 1.29 is 4.74 Å². The Bertz CT molecular complexity index is 196. The van der Waals surface area contributed by atoms with Crippen LogP contribution in [0.2, 0.25) is 0 Å². The van der Waals surface area contributed by atoms with Crippen LogP contribution in [0.5, 0.6) is 0 Å². The average Bonchev–Trinajstić information content (AvgIpc) is 2.33. The molecule has 0 spiro atoms. The molecular formula is C5H5N3O. The van der Waals surface area contributed by atoms with Gasteiger partial charge in [-0.2, -0.15) is 0 Å². The SMILES string of the molecule is C1=NC2N=COC2N=C1. The van der Waals surface area contributed by atoms with Gasteiger partial charge in [0, 0.05) is 12.4 Å². The van der Waals surface area contributed by atoms with Crippen LogP contribution in [0, 0.1) is 0 Å². The van der Waals surface area contributed by atoms with E-state index in [1.165, 1.54) is 6.40 Å². The summed E-state index contributed by atoms with van der Waals surface area (Å²) in [4.78, 5) is 11.9. The molecule has 0 saturated heterocycles. The summed E-state index contributed by atoms with van der Waals surface area (Å²) in [5.41, 5.74) is 0. The topological polar surface area (TPSA) is 46.3 Å². The van der Waals surface area contributed by atoms with Crippen molar-refractivity contribution in [3.63, 3.8) is 0 Å². The second-order valence-corrected chi connectivity index (χ2v) is 1.79. The van der Waals surface area contributed by atoms with E-state index >= 15 is 0 Å². The summed E-state index contributed by atoms with van der Waals surface area (Å²) in [5, 5.41) is 0. The minimum atomic E-state index is -0.185. The fraction of sp³-hybridized carbons (Fsp3) is 0.400. The highest BCUT2D eigenvalue weighted by atomic mass is 16.5. The van der Waals surface area contributed by atoms with Crippen LogP contribution >= 0.6 is 0 Å². The first-order valence-corrected chi connectivity index (χ1v) is 2.69. The number of aliphatic imine (C=N–C) groups is 3. The number of rotatable bonds is 0. The van der Waals surface area contributed by atoms with E-state index in [1.54, 1.807) is 12.4 Å². The first kappa shape index (κ1) is 4.67. The molecule has 2 rings (SSSR count). The summed E-state index contributed by atoms with van der Waals surface area (Å²) in [7, 11) is 0. The zero-order valence-electron chi connectivity index (χ0n) is 4.64. The molecule has 2 atom stereocenters. The highest BCUT2D eigenvalue weighted by molar-refractivity contribution is 6.16. The van der Waals surface area contributed by atoms with Gasteiger partial charge in [0.25, 0.3) is 0 Å². The standard InChI is InChI=1S/C5H5N3O/c1-2-7-5-4(6-1)8-3-9-5/h1-5H.